The maximum absolute atomic E-state index is 11.3. The molecule has 0 saturated carbocycles. The summed E-state index contributed by atoms with van der Waals surface area (Å²) in [6, 6.07) is 0. The smallest absolute Gasteiger partial charge is 0.319 e. The molecule has 0 aromatic rings. The second kappa shape index (κ2) is 15.3. The van der Waals surface area contributed by atoms with Gasteiger partial charge in [-0.2, -0.15) is 9.78 Å². The third kappa shape index (κ3) is 14.4. The number of Topliss-reactive ketones (excluding diaryl/α,β-unsaturated/α-hetero) is 2. The first-order valence-corrected chi connectivity index (χ1v) is 8.76. The molecule has 0 saturated heterocycles. The minimum absolute atomic E-state index is 0.317. The standard InChI is InChI=1S/C18H28N2O8/c1-13(2)15(21)11-25-27-17(23)19-9-7-5-6-8-10-20-18(24)28-26-12-16(22)14(3)4/h1,3,5-12H2,2,4H3,(H,19,23)(H,20,24). The maximum atomic E-state index is 11.3. The second-order valence-corrected chi connectivity index (χ2v) is 5.94. The van der Waals surface area contributed by atoms with Crippen molar-refractivity contribution in [2.45, 2.75) is 39.5 Å². The fourth-order valence-electron chi connectivity index (χ4n) is 1.56. The highest BCUT2D eigenvalue weighted by molar-refractivity contribution is 5.95. The molecule has 0 radical (unpaired) electrons. The summed E-state index contributed by atoms with van der Waals surface area (Å²) in [4.78, 5) is 62.6. The molecule has 0 aromatic heterocycles. The van der Waals surface area contributed by atoms with Crippen molar-refractivity contribution in [3.63, 3.8) is 0 Å². The Morgan fingerprint density at radius 2 is 1.04 bits per heavy atom. The van der Waals surface area contributed by atoms with Crippen molar-refractivity contribution in [1.29, 1.82) is 0 Å². The molecule has 158 valence electrons. The fourth-order valence-corrected chi connectivity index (χ4v) is 1.56. The number of amides is 2. The molecule has 0 spiro atoms. The lowest BCUT2D eigenvalue weighted by Crippen LogP contribution is -2.27. The third-order valence-electron chi connectivity index (χ3n) is 3.24. The van der Waals surface area contributed by atoms with E-state index in [0.717, 1.165) is 12.8 Å². The van der Waals surface area contributed by atoms with Crippen LogP contribution >= 0.6 is 0 Å². The van der Waals surface area contributed by atoms with Crippen LogP contribution in [0.25, 0.3) is 0 Å². The Balaban J connectivity index is 3.47. The second-order valence-electron chi connectivity index (χ2n) is 5.94. The van der Waals surface area contributed by atoms with Crippen LogP contribution in [0.5, 0.6) is 0 Å². The van der Waals surface area contributed by atoms with Crippen LogP contribution in [-0.2, 0) is 29.1 Å². The lowest BCUT2D eigenvalue weighted by atomic mass is 10.2. The van der Waals surface area contributed by atoms with Crippen LogP contribution < -0.4 is 10.6 Å². The van der Waals surface area contributed by atoms with Gasteiger partial charge in [0.1, 0.15) is 0 Å². The van der Waals surface area contributed by atoms with Gasteiger partial charge in [0.15, 0.2) is 24.8 Å². The van der Waals surface area contributed by atoms with E-state index in [0.29, 0.717) is 37.1 Å². The number of nitrogens with one attached hydrogen (secondary N) is 2. The molecule has 28 heavy (non-hydrogen) atoms. The van der Waals surface area contributed by atoms with Crippen LogP contribution in [-0.4, -0.2) is 50.1 Å². The van der Waals surface area contributed by atoms with Crippen LogP contribution in [0.15, 0.2) is 24.3 Å². The van der Waals surface area contributed by atoms with E-state index in [2.05, 4.69) is 43.3 Å². The van der Waals surface area contributed by atoms with Crippen molar-refractivity contribution in [3.8, 4) is 0 Å². The lowest BCUT2D eigenvalue weighted by molar-refractivity contribution is -0.234. The van der Waals surface area contributed by atoms with Gasteiger partial charge in [0.2, 0.25) is 0 Å². The van der Waals surface area contributed by atoms with Crippen molar-refractivity contribution in [2.24, 2.45) is 0 Å². The summed E-state index contributed by atoms with van der Waals surface area (Å²) in [5, 5.41) is 4.95. The number of unbranched alkanes of at least 4 members (excludes halogenated alkanes) is 3. The summed E-state index contributed by atoms with van der Waals surface area (Å²) < 4.78 is 0. The van der Waals surface area contributed by atoms with Crippen molar-refractivity contribution >= 4 is 23.8 Å². The molecular weight excluding hydrogens is 372 g/mol. The zero-order valence-corrected chi connectivity index (χ0v) is 16.3. The Morgan fingerprint density at radius 1 is 0.679 bits per heavy atom. The molecule has 0 unspecified atom stereocenters. The SMILES string of the molecule is C=C(C)C(=O)COOC(=O)NCCCCCCNC(=O)OOCC(=O)C(=C)C. The highest BCUT2D eigenvalue weighted by Gasteiger charge is 2.08. The number of hydrogen-bond acceptors (Lipinski definition) is 8. The Kier molecular flexibility index (Phi) is 13.9. The van der Waals surface area contributed by atoms with E-state index in [-0.39, 0.29) is 24.8 Å². The number of hydrogen-bond donors (Lipinski definition) is 2. The van der Waals surface area contributed by atoms with Gasteiger partial charge in [-0.1, -0.05) is 26.0 Å². The first-order chi connectivity index (χ1) is 13.2. The number of carbonyl (C=O) groups is 4. The maximum Gasteiger partial charge on any atom is 0.438 e. The van der Waals surface area contributed by atoms with Gasteiger partial charge < -0.3 is 10.6 Å². The quantitative estimate of drug-likeness (QED) is 0.185. The summed E-state index contributed by atoms with van der Waals surface area (Å²) in [5.74, 6) is -0.700. The molecule has 0 heterocycles. The predicted molar refractivity (Wildman–Crippen MR) is 99.0 cm³/mol. The van der Waals surface area contributed by atoms with Crippen LogP contribution in [0.2, 0.25) is 0 Å². The molecule has 0 aliphatic carbocycles. The van der Waals surface area contributed by atoms with E-state index in [1.54, 1.807) is 0 Å². The fraction of sp³-hybridized carbons (Fsp3) is 0.556. The van der Waals surface area contributed by atoms with Crippen LogP contribution in [0.3, 0.4) is 0 Å². The van der Waals surface area contributed by atoms with Gasteiger partial charge >= 0.3 is 12.2 Å². The van der Waals surface area contributed by atoms with Crippen molar-refractivity contribution in [1.82, 2.24) is 10.6 Å². The molecule has 0 aromatic carbocycles. The van der Waals surface area contributed by atoms with Crippen molar-refractivity contribution in [2.75, 3.05) is 26.3 Å². The average molecular weight is 400 g/mol. The molecule has 0 rings (SSSR count). The van der Waals surface area contributed by atoms with E-state index >= 15 is 0 Å². The molecule has 2 amide bonds. The molecular formula is C18H28N2O8. The van der Waals surface area contributed by atoms with Gasteiger partial charge in [0, 0.05) is 13.1 Å². The summed E-state index contributed by atoms with van der Waals surface area (Å²) >= 11 is 0. The molecule has 0 aliphatic heterocycles. The van der Waals surface area contributed by atoms with E-state index < -0.39 is 12.2 Å². The van der Waals surface area contributed by atoms with Gasteiger partial charge in [0.05, 0.1) is 0 Å². The van der Waals surface area contributed by atoms with Crippen LogP contribution in [0, 0.1) is 0 Å². The molecule has 0 bridgehead atoms. The molecule has 0 aliphatic rings. The minimum atomic E-state index is -0.774. The first-order valence-electron chi connectivity index (χ1n) is 8.76. The van der Waals surface area contributed by atoms with Gasteiger partial charge in [-0.05, 0) is 37.8 Å². The van der Waals surface area contributed by atoms with Gasteiger partial charge in [-0.25, -0.2) is 9.59 Å². The minimum Gasteiger partial charge on any atom is -0.319 e. The lowest BCUT2D eigenvalue weighted by Gasteiger charge is -2.06. The van der Waals surface area contributed by atoms with Gasteiger partial charge in [-0.15, -0.1) is 0 Å². The summed E-state index contributed by atoms with van der Waals surface area (Å²) in [6.45, 7) is 9.99. The normalized spacial score (nSPS) is 9.93. The summed E-state index contributed by atoms with van der Waals surface area (Å²) in [7, 11) is 0. The number of rotatable bonds is 15. The topological polar surface area (TPSA) is 129 Å². The highest BCUT2D eigenvalue weighted by Crippen LogP contribution is 1.99. The van der Waals surface area contributed by atoms with Crippen LogP contribution in [0.4, 0.5) is 9.59 Å². The number of ketones is 2. The van der Waals surface area contributed by atoms with Crippen LogP contribution in [0.1, 0.15) is 39.5 Å². The Morgan fingerprint density at radius 3 is 1.36 bits per heavy atom. The van der Waals surface area contributed by atoms with Gasteiger partial charge in [-0.3, -0.25) is 19.4 Å². The molecule has 2 N–H and O–H groups in total. The number of carbonyl (C=O) groups excluding carboxylic acids is 4. The zero-order chi connectivity index (χ0) is 21.4. The Labute approximate surface area is 164 Å². The highest BCUT2D eigenvalue weighted by atomic mass is 17.2. The Bertz CT molecular complexity index is 524. The Hall–Kier alpha value is -2.72. The summed E-state index contributed by atoms with van der Waals surface area (Å²) in [6.07, 6.45) is 1.49. The van der Waals surface area contributed by atoms with E-state index in [9.17, 15) is 19.2 Å². The molecule has 0 atom stereocenters. The van der Waals surface area contributed by atoms with E-state index in [1.807, 2.05) is 0 Å². The monoisotopic (exact) mass is 400 g/mol. The average Bonchev–Trinajstić information content (AvgIpc) is 2.63. The van der Waals surface area contributed by atoms with Gasteiger partial charge in [0.25, 0.3) is 0 Å². The molecule has 10 heteroatoms. The molecule has 10 nitrogen and oxygen atoms in total. The van der Waals surface area contributed by atoms with E-state index in [4.69, 9.17) is 0 Å². The first kappa shape index (κ1) is 25.3. The largest absolute Gasteiger partial charge is 0.438 e. The third-order valence-corrected chi connectivity index (χ3v) is 3.24. The zero-order valence-electron chi connectivity index (χ0n) is 16.3. The van der Waals surface area contributed by atoms with Crippen molar-refractivity contribution < 1.29 is 38.7 Å². The predicted octanol–water partition coefficient (Wildman–Crippen LogP) is 2.15. The summed E-state index contributed by atoms with van der Waals surface area (Å²) in [5.41, 5.74) is 0.634. The molecule has 0 fully saturated rings. The van der Waals surface area contributed by atoms with Crippen molar-refractivity contribution in [3.05, 3.63) is 24.3 Å². The van der Waals surface area contributed by atoms with E-state index in [1.165, 1.54) is 13.8 Å².